The van der Waals surface area contributed by atoms with Gasteiger partial charge in [-0.2, -0.15) is 5.10 Å². The maximum Gasteiger partial charge on any atom is 0.277 e. The van der Waals surface area contributed by atoms with Gasteiger partial charge in [0.25, 0.3) is 5.91 Å². The van der Waals surface area contributed by atoms with Crippen molar-refractivity contribution in [3.63, 3.8) is 0 Å². The van der Waals surface area contributed by atoms with Gasteiger partial charge in [0, 0.05) is 0 Å². The van der Waals surface area contributed by atoms with E-state index in [1.807, 2.05) is 54.6 Å². The fraction of sp³-hybridized carbons (Fsp3) is 0.0909. The highest BCUT2D eigenvalue weighted by Crippen LogP contribution is 2.34. The van der Waals surface area contributed by atoms with Gasteiger partial charge in [-0.25, -0.2) is 5.43 Å². The van der Waals surface area contributed by atoms with Crippen molar-refractivity contribution >= 4 is 23.7 Å². The zero-order chi connectivity index (χ0) is 20.6. The second-order valence-corrected chi connectivity index (χ2v) is 6.43. The maximum atomic E-state index is 11.9. The van der Waals surface area contributed by atoms with E-state index in [0.29, 0.717) is 11.3 Å². The van der Waals surface area contributed by atoms with Crippen LogP contribution in [0.15, 0.2) is 71.8 Å². The summed E-state index contributed by atoms with van der Waals surface area (Å²) in [6, 6.07) is 20.5. The average Bonchev–Trinajstić information content (AvgIpc) is 2.75. The van der Waals surface area contributed by atoms with Gasteiger partial charge in [0.15, 0.2) is 18.1 Å². The van der Waals surface area contributed by atoms with Crippen LogP contribution in [0.5, 0.6) is 17.2 Å². The highest BCUT2D eigenvalue weighted by molar-refractivity contribution is 6.32. The monoisotopic (exact) mass is 410 g/mol. The topological polar surface area (TPSA) is 80.2 Å². The summed E-state index contributed by atoms with van der Waals surface area (Å²) in [5.74, 6) is 0.235. The highest BCUT2D eigenvalue weighted by atomic mass is 35.5. The highest BCUT2D eigenvalue weighted by Gasteiger charge is 2.08. The quantitative estimate of drug-likeness (QED) is 0.450. The molecule has 0 saturated heterocycles. The molecule has 0 fully saturated rings. The van der Waals surface area contributed by atoms with Crippen LogP contribution in [0.1, 0.15) is 5.56 Å². The number of nitrogens with zero attached hydrogens (tertiary/aromatic N) is 1. The molecule has 0 atom stereocenters. The molecule has 6 nitrogen and oxygen atoms in total. The van der Waals surface area contributed by atoms with Crippen LogP contribution >= 0.6 is 11.6 Å². The third-order valence-electron chi connectivity index (χ3n) is 4.00. The predicted octanol–water partition coefficient (Wildman–Crippen LogP) is 4.25. The fourth-order valence-corrected chi connectivity index (χ4v) is 2.78. The Morgan fingerprint density at radius 3 is 2.48 bits per heavy atom. The molecular weight excluding hydrogens is 392 g/mol. The molecule has 3 rings (SSSR count). The van der Waals surface area contributed by atoms with E-state index >= 15 is 0 Å². The number of halogens is 1. The molecule has 0 saturated carbocycles. The van der Waals surface area contributed by atoms with Crippen molar-refractivity contribution in [2.24, 2.45) is 5.10 Å². The Balaban J connectivity index is 1.51. The zero-order valence-electron chi connectivity index (χ0n) is 15.6. The van der Waals surface area contributed by atoms with Gasteiger partial charge in [-0.1, -0.05) is 54.1 Å². The van der Waals surface area contributed by atoms with Crippen molar-refractivity contribution in [1.29, 1.82) is 0 Å². The minimum atomic E-state index is -0.412. The normalized spacial score (nSPS) is 10.7. The van der Waals surface area contributed by atoms with Crippen molar-refractivity contribution in [2.75, 3.05) is 13.7 Å². The van der Waals surface area contributed by atoms with E-state index in [9.17, 15) is 9.90 Å². The lowest BCUT2D eigenvalue weighted by Crippen LogP contribution is -2.24. The number of hydrogen-bond donors (Lipinski definition) is 2. The molecule has 1 amide bonds. The van der Waals surface area contributed by atoms with E-state index in [4.69, 9.17) is 21.1 Å². The van der Waals surface area contributed by atoms with Gasteiger partial charge < -0.3 is 14.6 Å². The number of benzene rings is 3. The molecule has 0 aliphatic rings. The number of phenols is 1. The smallest absolute Gasteiger partial charge is 0.277 e. The molecule has 0 unspecified atom stereocenters. The minimum absolute atomic E-state index is 0.124. The molecule has 2 N–H and O–H groups in total. The molecule has 0 aliphatic carbocycles. The first-order chi connectivity index (χ1) is 14.1. The number of hydrogen-bond acceptors (Lipinski definition) is 5. The Morgan fingerprint density at radius 1 is 1.10 bits per heavy atom. The Morgan fingerprint density at radius 2 is 1.79 bits per heavy atom. The van der Waals surface area contributed by atoms with Gasteiger partial charge in [-0.15, -0.1) is 0 Å². The minimum Gasteiger partial charge on any atom is -0.503 e. The molecule has 3 aromatic carbocycles. The molecule has 29 heavy (non-hydrogen) atoms. The lowest BCUT2D eigenvalue weighted by Gasteiger charge is -2.07. The number of aromatic hydroxyl groups is 1. The Bertz CT molecular complexity index is 1010. The number of carbonyl (C=O) groups excluding carboxylic acids is 1. The summed E-state index contributed by atoms with van der Waals surface area (Å²) in [6.07, 6.45) is 1.39. The van der Waals surface area contributed by atoms with E-state index in [1.165, 1.54) is 19.4 Å². The first-order valence-electron chi connectivity index (χ1n) is 8.73. The molecule has 0 spiro atoms. The Kier molecular flexibility index (Phi) is 6.71. The van der Waals surface area contributed by atoms with Gasteiger partial charge in [0.1, 0.15) is 5.75 Å². The molecule has 148 valence electrons. The molecule has 0 bridgehead atoms. The lowest BCUT2D eigenvalue weighted by molar-refractivity contribution is -0.123. The number of ether oxygens (including phenoxy) is 2. The number of phenolic OH excluding ortho intramolecular Hbond substituents is 1. The van der Waals surface area contributed by atoms with E-state index in [0.717, 1.165) is 11.1 Å². The molecular formula is C22H19ClN2O4. The number of carbonyl (C=O) groups is 1. The predicted molar refractivity (Wildman–Crippen MR) is 113 cm³/mol. The van der Waals surface area contributed by atoms with Crippen LogP contribution in [-0.2, 0) is 4.79 Å². The van der Waals surface area contributed by atoms with Crippen LogP contribution in [-0.4, -0.2) is 30.9 Å². The molecule has 0 radical (unpaired) electrons. The lowest BCUT2D eigenvalue weighted by atomic mass is 10.1. The van der Waals surface area contributed by atoms with Gasteiger partial charge in [0.05, 0.1) is 18.3 Å². The Hall–Kier alpha value is -3.51. The van der Waals surface area contributed by atoms with Crippen LogP contribution in [0.3, 0.4) is 0 Å². The van der Waals surface area contributed by atoms with Gasteiger partial charge >= 0.3 is 0 Å². The van der Waals surface area contributed by atoms with E-state index < -0.39 is 5.91 Å². The zero-order valence-corrected chi connectivity index (χ0v) is 16.4. The van der Waals surface area contributed by atoms with Crippen molar-refractivity contribution in [3.05, 3.63) is 77.3 Å². The number of amides is 1. The third kappa shape index (κ3) is 5.49. The van der Waals surface area contributed by atoms with E-state index in [1.54, 1.807) is 6.07 Å². The first kappa shape index (κ1) is 20.2. The Labute approximate surface area is 173 Å². The van der Waals surface area contributed by atoms with Crippen molar-refractivity contribution in [1.82, 2.24) is 5.43 Å². The summed E-state index contributed by atoms with van der Waals surface area (Å²) in [5, 5.41) is 13.7. The average molecular weight is 411 g/mol. The van der Waals surface area contributed by atoms with Gasteiger partial charge in [-0.3, -0.25) is 4.79 Å². The fourth-order valence-electron chi connectivity index (χ4n) is 2.56. The number of methoxy groups -OCH3 is 1. The van der Waals surface area contributed by atoms with E-state index in [2.05, 4.69) is 10.5 Å². The van der Waals surface area contributed by atoms with Crippen LogP contribution in [0.4, 0.5) is 0 Å². The first-order valence-corrected chi connectivity index (χ1v) is 9.11. The van der Waals surface area contributed by atoms with Crippen LogP contribution < -0.4 is 14.9 Å². The number of rotatable bonds is 7. The summed E-state index contributed by atoms with van der Waals surface area (Å²) >= 11 is 5.91. The molecule has 0 aliphatic heterocycles. The van der Waals surface area contributed by atoms with Crippen LogP contribution in [0, 0.1) is 0 Å². The second-order valence-electron chi connectivity index (χ2n) is 6.03. The number of nitrogens with one attached hydrogen (secondary N) is 1. The van der Waals surface area contributed by atoms with Gasteiger partial charge in [0.2, 0.25) is 0 Å². The summed E-state index contributed by atoms with van der Waals surface area (Å²) < 4.78 is 10.5. The largest absolute Gasteiger partial charge is 0.503 e. The standard InChI is InChI=1S/C22H19ClN2O4/c1-28-20-12-15(11-19(23)22(20)27)13-24-25-21(26)14-29-18-9-7-17(8-10-18)16-5-3-2-4-6-16/h2-13,27H,14H2,1H3,(H,25,26)/b24-13-. The van der Waals surface area contributed by atoms with Crippen molar-refractivity contribution in [2.45, 2.75) is 0 Å². The second kappa shape index (κ2) is 9.61. The molecule has 0 heterocycles. The van der Waals surface area contributed by atoms with E-state index in [-0.39, 0.29) is 23.1 Å². The number of hydrazone groups is 1. The molecule has 7 heteroatoms. The molecule has 0 aromatic heterocycles. The van der Waals surface area contributed by atoms with Crippen LogP contribution in [0.25, 0.3) is 11.1 Å². The van der Waals surface area contributed by atoms with Gasteiger partial charge in [-0.05, 0) is 41.0 Å². The van der Waals surface area contributed by atoms with Crippen molar-refractivity contribution < 1.29 is 19.4 Å². The summed E-state index contributed by atoms with van der Waals surface area (Å²) in [4.78, 5) is 11.9. The SMILES string of the molecule is COc1cc(/C=N\NC(=O)COc2ccc(-c3ccccc3)cc2)cc(Cl)c1O. The van der Waals surface area contributed by atoms with Crippen molar-refractivity contribution in [3.8, 4) is 28.4 Å². The third-order valence-corrected chi connectivity index (χ3v) is 4.29. The summed E-state index contributed by atoms with van der Waals surface area (Å²) in [6.45, 7) is -0.179. The van der Waals surface area contributed by atoms with Crippen LogP contribution in [0.2, 0.25) is 5.02 Å². The summed E-state index contributed by atoms with van der Waals surface area (Å²) in [7, 11) is 1.41. The molecule has 3 aromatic rings. The maximum absolute atomic E-state index is 11.9. The summed E-state index contributed by atoms with van der Waals surface area (Å²) in [5.41, 5.74) is 5.10.